The molecule has 0 unspecified atom stereocenters. The predicted octanol–water partition coefficient (Wildman–Crippen LogP) is 1.41. The largest absolute Gasteiger partial charge is 0.364 e. The SMILES string of the molecule is Cc1nc(N2CCN(Cc3ccc4nonc4c3)C2=O)sc1C(O)O. The number of hydrogen-bond acceptors (Lipinski definition) is 8. The van der Waals surface area contributed by atoms with E-state index in [0.29, 0.717) is 46.4 Å². The summed E-state index contributed by atoms with van der Waals surface area (Å²) in [5.74, 6) is 0. The van der Waals surface area contributed by atoms with Gasteiger partial charge in [0, 0.05) is 19.6 Å². The molecule has 9 nitrogen and oxygen atoms in total. The van der Waals surface area contributed by atoms with Crippen LogP contribution in [-0.2, 0) is 6.54 Å². The highest BCUT2D eigenvalue weighted by atomic mass is 32.1. The Hall–Kier alpha value is -2.56. The number of carbonyl (C=O) groups is 1. The van der Waals surface area contributed by atoms with Gasteiger partial charge >= 0.3 is 6.03 Å². The molecule has 2 N–H and O–H groups in total. The first-order chi connectivity index (χ1) is 12.0. The molecule has 3 aromatic rings. The first-order valence-corrected chi connectivity index (χ1v) is 8.45. The average molecular weight is 361 g/mol. The zero-order valence-electron chi connectivity index (χ0n) is 13.3. The van der Waals surface area contributed by atoms with Crippen LogP contribution < -0.4 is 4.90 Å². The highest BCUT2D eigenvalue weighted by Crippen LogP contribution is 2.32. The maximum Gasteiger partial charge on any atom is 0.326 e. The molecule has 1 aliphatic rings. The summed E-state index contributed by atoms with van der Waals surface area (Å²) in [6.45, 7) is 3.19. The van der Waals surface area contributed by atoms with E-state index in [1.165, 1.54) is 0 Å². The third-order valence-electron chi connectivity index (χ3n) is 4.07. The number of anilines is 1. The molecule has 1 aliphatic heterocycles. The van der Waals surface area contributed by atoms with E-state index in [1.54, 1.807) is 22.8 Å². The number of aliphatic hydroxyl groups excluding tert-OH is 1. The molecule has 10 heteroatoms. The van der Waals surface area contributed by atoms with E-state index in [9.17, 15) is 15.0 Å². The third-order valence-corrected chi connectivity index (χ3v) is 5.29. The molecule has 1 fully saturated rings. The number of hydrogen-bond donors (Lipinski definition) is 2. The predicted molar refractivity (Wildman–Crippen MR) is 89.0 cm³/mol. The second-order valence-corrected chi connectivity index (χ2v) is 6.77. The van der Waals surface area contributed by atoms with Crippen LogP contribution in [0, 0.1) is 6.92 Å². The first-order valence-electron chi connectivity index (χ1n) is 7.64. The van der Waals surface area contributed by atoms with Crippen molar-refractivity contribution in [1.29, 1.82) is 0 Å². The molecular weight excluding hydrogens is 346 g/mol. The van der Waals surface area contributed by atoms with Crippen LogP contribution in [0.2, 0.25) is 0 Å². The van der Waals surface area contributed by atoms with Crippen LogP contribution >= 0.6 is 11.3 Å². The quantitative estimate of drug-likeness (QED) is 0.675. The summed E-state index contributed by atoms with van der Waals surface area (Å²) < 4.78 is 4.68. The van der Waals surface area contributed by atoms with Gasteiger partial charge in [-0.05, 0) is 34.9 Å². The van der Waals surface area contributed by atoms with Gasteiger partial charge in [0.15, 0.2) is 11.4 Å². The van der Waals surface area contributed by atoms with E-state index in [2.05, 4.69) is 19.9 Å². The van der Waals surface area contributed by atoms with Crippen LogP contribution in [0.25, 0.3) is 11.0 Å². The first kappa shape index (κ1) is 15.9. The topological polar surface area (TPSA) is 116 Å². The number of rotatable bonds is 4. The highest BCUT2D eigenvalue weighted by Gasteiger charge is 2.32. The van der Waals surface area contributed by atoms with Crippen molar-refractivity contribution in [3.8, 4) is 0 Å². The maximum absolute atomic E-state index is 12.7. The van der Waals surface area contributed by atoms with E-state index in [-0.39, 0.29) is 6.03 Å². The van der Waals surface area contributed by atoms with Crippen molar-refractivity contribution >= 4 is 33.5 Å². The Labute approximate surface area is 146 Å². The number of thiazole rings is 1. The number of nitrogens with zero attached hydrogens (tertiary/aromatic N) is 5. The molecule has 4 rings (SSSR count). The fourth-order valence-corrected chi connectivity index (χ4v) is 3.76. The Morgan fingerprint density at radius 2 is 2.08 bits per heavy atom. The smallest absolute Gasteiger partial charge is 0.326 e. The molecule has 25 heavy (non-hydrogen) atoms. The van der Waals surface area contributed by atoms with Crippen molar-refractivity contribution in [2.75, 3.05) is 18.0 Å². The van der Waals surface area contributed by atoms with Crippen molar-refractivity contribution in [3.63, 3.8) is 0 Å². The lowest BCUT2D eigenvalue weighted by atomic mass is 10.2. The second kappa shape index (κ2) is 6.06. The summed E-state index contributed by atoms with van der Waals surface area (Å²) in [5, 5.41) is 26.7. The van der Waals surface area contributed by atoms with Crippen LogP contribution in [0.3, 0.4) is 0 Å². The summed E-state index contributed by atoms with van der Waals surface area (Å²) in [4.78, 5) is 20.6. The normalized spacial score (nSPS) is 15.1. The summed E-state index contributed by atoms with van der Waals surface area (Å²) in [6.07, 6.45) is -1.58. The summed E-state index contributed by atoms with van der Waals surface area (Å²) in [7, 11) is 0. The minimum Gasteiger partial charge on any atom is -0.364 e. The number of fused-ring (bicyclic) bond motifs is 1. The van der Waals surface area contributed by atoms with Crippen LogP contribution in [0.1, 0.15) is 22.4 Å². The van der Waals surface area contributed by atoms with Crippen molar-refractivity contribution in [2.45, 2.75) is 19.8 Å². The van der Waals surface area contributed by atoms with Gasteiger partial charge in [-0.3, -0.25) is 4.90 Å². The molecule has 3 heterocycles. The summed E-state index contributed by atoms with van der Waals surface area (Å²) >= 11 is 1.12. The Bertz CT molecular complexity index is 937. The number of carbonyl (C=O) groups excluding carboxylic acids is 1. The van der Waals surface area contributed by atoms with Crippen LogP contribution in [-0.4, -0.2) is 49.5 Å². The molecule has 130 valence electrons. The number of urea groups is 1. The van der Waals surface area contributed by atoms with Gasteiger partial charge in [-0.1, -0.05) is 17.4 Å². The molecule has 0 atom stereocenters. The summed E-state index contributed by atoms with van der Waals surface area (Å²) in [6, 6.07) is 5.37. The monoisotopic (exact) mass is 361 g/mol. The lowest BCUT2D eigenvalue weighted by Crippen LogP contribution is -2.31. The molecule has 2 amide bonds. The second-order valence-electron chi connectivity index (χ2n) is 5.76. The fraction of sp³-hybridized carbons (Fsp3) is 0.333. The number of aliphatic hydroxyl groups is 2. The Balaban J connectivity index is 1.52. The number of aryl methyl sites for hydroxylation is 1. The molecule has 0 bridgehead atoms. The zero-order valence-corrected chi connectivity index (χ0v) is 14.1. The van der Waals surface area contributed by atoms with Gasteiger partial charge < -0.3 is 15.1 Å². The Morgan fingerprint density at radius 1 is 1.28 bits per heavy atom. The lowest BCUT2D eigenvalue weighted by molar-refractivity contribution is -0.0401. The van der Waals surface area contributed by atoms with Crippen LogP contribution in [0.15, 0.2) is 22.8 Å². The van der Waals surface area contributed by atoms with E-state index >= 15 is 0 Å². The van der Waals surface area contributed by atoms with Gasteiger partial charge in [0.25, 0.3) is 0 Å². The average Bonchev–Trinajstić information content (AvgIpc) is 3.27. The fourth-order valence-electron chi connectivity index (χ4n) is 2.80. The van der Waals surface area contributed by atoms with E-state index in [4.69, 9.17) is 0 Å². The van der Waals surface area contributed by atoms with Gasteiger partial charge in [0.1, 0.15) is 11.0 Å². The molecule has 1 aromatic carbocycles. The van der Waals surface area contributed by atoms with Gasteiger partial charge in [-0.15, -0.1) is 0 Å². The van der Waals surface area contributed by atoms with Gasteiger partial charge in [0.05, 0.1) is 10.6 Å². The van der Waals surface area contributed by atoms with Crippen LogP contribution in [0.5, 0.6) is 0 Å². The van der Waals surface area contributed by atoms with Crippen molar-refractivity contribution < 1.29 is 19.6 Å². The molecule has 2 aromatic heterocycles. The van der Waals surface area contributed by atoms with Crippen molar-refractivity contribution in [2.24, 2.45) is 0 Å². The van der Waals surface area contributed by atoms with Crippen molar-refractivity contribution in [1.82, 2.24) is 20.2 Å². The molecule has 0 aliphatic carbocycles. The van der Waals surface area contributed by atoms with Crippen LogP contribution in [0.4, 0.5) is 9.93 Å². The molecule has 1 saturated heterocycles. The number of benzene rings is 1. The third kappa shape index (κ3) is 2.84. The van der Waals surface area contributed by atoms with E-state index in [0.717, 1.165) is 16.9 Å². The number of aromatic nitrogens is 3. The minimum absolute atomic E-state index is 0.161. The Kier molecular flexibility index (Phi) is 3.86. The molecular formula is C15H15N5O4S. The van der Waals surface area contributed by atoms with E-state index in [1.807, 2.05) is 12.1 Å². The minimum atomic E-state index is -1.58. The van der Waals surface area contributed by atoms with Gasteiger partial charge in [-0.25, -0.2) is 14.4 Å². The van der Waals surface area contributed by atoms with Crippen molar-refractivity contribution in [3.05, 3.63) is 34.3 Å². The summed E-state index contributed by atoms with van der Waals surface area (Å²) in [5.41, 5.74) is 2.77. The lowest BCUT2D eigenvalue weighted by Gasteiger charge is -2.16. The standard InChI is InChI=1S/C15H15N5O4S/c1-8-12(13(21)22)25-14(16-8)20-5-4-19(15(20)23)7-9-2-3-10-11(6-9)18-24-17-10/h2-3,6,13,21-22H,4-5,7H2,1H3. The molecule has 0 spiro atoms. The molecule has 0 radical (unpaired) electrons. The molecule has 0 saturated carbocycles. The highest BCUT2D eigenvalue weighted by molar-refractivity contribution is 7.16. The Morgan fingerprint density at radius 3 is 2.84 bits per heavy atom. The maximum atomic E-state index is 12.7. The zero-order chi connectivity index (χ0) is 17.6. The number of amides is 2. The van der Waals surface area contributed by atoms with Gasteiger partial charge in [-0.2, -0.15) is 0 Å². The van der Waals surface area contributed by atoms with E-state index < -0.39 is 6.29 Å². The van der Waals surface area contributed by atoms with Gasteiger partial charge in [0.2, 0.25) is 0 Å².